The van der Waals surface area contributed by atoms with Gasteiger partial charge in [-0.05, 0) is 41.7 Å². The van der Waals surface area contributed by atoms with Gasteiger partial charge in [-0.2, -0.15) is 0 Å². The van der Waals surface area contributed by atoms with E-state index in [2.05, 4.69) is 24.5 Å². The molecule has 26 heavy (non-hydrogen) atoms. The maximum absolute atomic E-state index is 13.8. The van der Waals surface area contributed by atoms with Crippen LogP contribution in [0.15, 0.2) is 53.7 Å². The third-order valence-corrected chi connectivity index (χ3v) is 4.94. The van der Waals surface area contributed by atoms with Crippen molar-refractivity contribution in [3.05, 3.63) is 70.9 Å². The maximum atomic E-state index is 13.8. The number of allylic oxidation sites excluding steroid dienone is 1. The Labute approximate surface area is 151 Å². The molecule has 1 atom stereocenters. The number of anilines is 2. The van der Waals surface area contributed by atoms with Gasteiger partial charge in [0.15, 0.2) is 5.78 Å². The zero-order chi connectivity index (χ0) is 18.5. The van der Waals surface area contributed by atoms with Crippen LogP contribution < -0.4 is 10.6 Å². The van der Waals surface area contributed by atoms with Gasteiger partial charge in [0.1, 0.15) is 11.6 Å². The van der Waals surface area contributed by atoms with E-state index in [0.717, 1.165) is 23.1 Å². The fourth-order valence-corrected chi connectivity index (χ4v) is 3.88. The number of Topliss-reactive ketones (excluding diaryl/α,β-unsaturated/α-hetero) is 1. The summed E-state index contributed by atoms with van der Waals surface area (Å²) < 4.78 is 27.7. The van der Waals surface area contributed by atoms with Crippen LogP contribution in [-0.2, 0) is 4.79 Å². The molecule has 1 unspecified atom stereocenters. The zero-order valence-electron chi connectivity index (χ0n) is 14.7. The van der Waals surface area contributed by atoms with Crippen LogP contribution in [-0.4, -0.2) is 5.78 Å². The predicted octanol–water partition coefficient (Wildman–Crippen LogP) is 5.19. The van der Waals surface area contributed by atoms with Crippen molar-refractivity contribution in [3.63, 3.8) is 0 Å². The first kappa shape index (κ1) is 16.8. The van der Waals surface area contributed by atoms with Crippen molar-refractivity contribution in [2.45, 2.75) is 32.7 Å². The molecule has 0 saturated carbocycles. The lowest BCUT2D eigenvalue weighted by molar-refractivity contribution is -0.118. The summed E-state index contributed by atoms with van der Waals surface area (Å²) in [6.45, 7) is 4.11. The topological polar surface area (TPSA) is 41.1 Å². The lowest BCUT2D eigenvalue weighted by Crippen LogP contribution is -2.31. The number of benzene rings is 2. The van der Waals surface area contributed by atoms with E-state index in [1.54, 1.807) is 0 Å². The van der Waals surface area contributed by atoms with E-state index < -0.39 is 17.7 Å². The number of halogens is 2. The Morgan fingerprint density at radius 1 is 1.00 bits per heavy atom. The van der Waals surface area contributed by atoms with E-state index >= 15 is 0 Å². The Balaban J connectivity index is 1.91. The van der Waals surface area contributed by atoms with Gasteiger partial charge in [0.25, 0.3) is 0 Å². The SMILES string of the molecule is CC1(C)CC(=O)C2=C(C1)Nc1ccccc1NC2c1cc(F)cc(F)c1. The van der Waals surface area contributed by atoms with Crippen LogP contribution >= 0.6 is 0 Å². The summed E-state index contributed by atoms with van der Waals surface area (Å²) in [5, 5.41) is 6.70. The number of ketones is 1. The van der Waals surface area contributed by atoms with Crippen molar-refractivity contribution in [1.82, 2.24) is 0 Å². The number of rotatable bonds is 1. The number of para-hydroxylation sites is 2. The van der Waals surface area contributed by atoms with Crippen molar-refractivity contribution in [3.8, 4) is 0 Å². The minimum atomic E-state index is -0.655. The molecule has 0 aromatic heterocycles. The third kappa shape index (κ3) is 2.98. The minimum Gasteiger partial charge on any atom is -0.372 e. The second-order valence-corrected chi connectivity index (χ2v) is 7.78. The monoisotopic (exact) mass is 354 g/mol. The van der Waals surface area contributed by atoms with Gasteiger partial charge in [-0.1, -0.05) is 26.0 Å². The van der Waals surface area contributed by atoms with Crippen molar-refractivity contribution in [2.75, 3.05) is 10.6 Å². The summed E-state index contributed by atoms with van der Waals surface area (Å²) in [6.07, 6.45) is 1.10. The quantitative estimate of drug-likeness (QED) is 0.741. The first-order chi connectivity index (χ1) is 12.3. The van der Waals surface area contributed by atoms with Gasteiger partial charge in [0, 0.05) is 23.8 Å². The van der Waals surface area contributed by atoms with E-state index in [0.29, 0.717) is 24.0 Å². The van der Waals surface area contributed by atoms with Gasteiger partial charge in [-0.15, -0.1) is 0 Å². The highest BCUT2D eigenvalue weighted by Gasteiger charge is 2.38. The molecule has 1 aliphatic heterocycles. The highest BCUT2D eigenvalue weighted by atomic mass is 19.1. The molecule has 0 radical (unpaired) electrons. The largest absolute Gasteiger partial charge is 0.372 e. The molecule has 2 aromatic rings. The summed E-state index contributed by atoms with van der Waals surface area (Å²) in [4.78, 5) is 13.0. The summed E-state index contributed by atoms with van der Waals surface area (Å²) in [5.41, 5.74) is 3.26. The number of hydrogen-bond donors (Lipinski definition) is 2. The molecule has 0 fully saturated rings. The predicted molar refractivity (Wildman–Crippen MR) is 97.8 cm³/mol. The van der Waals surface area contributed by atoms with Crippen LogP contribution in [0.5, 0.6) is 0 Å². The fourth-order valence-electron chi connectivity index (χ4n) is 3.88. The van der Waals surface area contributed by atoms with E-state index in [9.17, 15) is 13.6 Å². The molecule has 1 aliphatic carbocycles. The van der Waals surface area contributed by atoms with Crippen LogP contribution in [0.2, 0.25) is 0 Å². The van der Waals surface area contributed by atoms with Gasteiger partial charge in [-0.25, -0.2) is 8.78 Å². The van der Waals surface area contributed by atoms with Crippen molar-refractivity contribution in [1.29, 1.82) is 0 Å². The molecular weight excluding hydrogens is 334 g/mol. The maximum Gasteiger partial charge on any atom is 0.163 e. The van der Waals surface area contributed by atoms with E-state index in [1.165, 1.54) is 12.1 Å². The molecular formula is C21H20F2N2O. The van der Waals surface area contributed by atoms with Gasteiger partial charge in [-0.3, -0.25) is 4.79 Å². The first-order valence-electron chi connectivity index (χ1n) is 8.67. The van der Waals surface area contributed by atoms with Gasteiger partial charge in [0.05, 0.1) is 17.4 Å². The van der Waals surface area contributed by atoms with Crippen molar-refractivity contribution in [2.24, 2.45) is 5.41 Å². The van der Waals surface area contributed by atoms with Crippen LogP contribution in [0.25, 0.3) is 0 Å². The standard InChI is InChI=1S/C21H20F2N2O/c1-21(2)10-17-19(18(26)11-21)20(12-7-13(22)9-14(23)8-12)25-16-6-4-3-5-15(16)24-17/h3-9,20,24-25H,10-11H2,1-2H3. The van der Waals surface area contributed by atoms with Crippen LogP contribution in [0.1, 0.15) is 38.3 Å². The summed E-state index contributed by atoms with van der Waals surface area (Å²) >= 11 is 0. The van der Waals surface area contributed by atoms with Crippen LogP contribution in [0, 0.1) is 17.0 Å². The van der Waals surface area contributed by atoms with Crippen LogP contribution in [0.3, 0.4) is 0 Å². The summed E-state index contributed by atoms with van der Waals surface area (Å²) in [5.74, 6) is -1.31. The molecule has 0 amide bonds. The Kier molecular flexibility index (Phi) is 3.83. The number of carbonyl (C=O) groups is 1. The van der Waals surface area contributed by atoms with Gasteiger partial charge < -0.3 is 10.6 Å². The second kappa shape index (κ2) is 5.94. The first-order valence-corrected chi connectivity index (χ1v) is 8.67. The molecule has 0 saturated heterocycles. The third-order valence-electron chi connectivity index (χ3n) is 4.94. The average Bonchev–Trinajstić information content (AvgIpc) is 2.69. The van der Waals surface area contributed by atoms with E-state index in [-0.39, 0.29) is 11.2 Å². The Bertz CT molecular complexity index is 913. The van der Waals surface area contributed by atoms with Crippen LogP contribution in [0.4, 0.5) is 20.2 Å². The summed E-state index contributed by atoms with van der Waals surface area (Å²) in [7, 11) is 0. The summed E-state index contributed by atoms with van der Waals surface area (Å²) in [6, 6.07) is 10.4. The zero-order valence-corrected chi connectivity index (χ0v) is 14.7. The second-order valence-electron chi connectivity index (χ2n) is 7.78. The molecule has 2 aromatic carbocycles. The van der Waals surface area contributed by atoms with E-state index in [4.69, 9.17) is 0 Å². The highest BCUT2D eigenvalue weighted by molar-refractivity contribution is 6.01. The molecule has 2 N–H and O–H groups in total. The van der Waals surface area contributed by atoms with Crippen molar-refractivity contribution < 1.29 is 13.6 Å². The Hall–Kier alpha value is -2.69. The Morgan fingerprint density at radius 2 is 1.65 bits per heavy atom. The molecule has 3 nitrogen and oxygen atoms in total. The molecule has 5 heteroatoms. The number of nitrogens with one attached hydrogen (secondary N) is 2. The molecule has 1 heterocycles. The lowest BCUT2D eigenvalue weighted by atomic mass is 9.73. The molecule has 134 valence electrons. The van der Waals surface area contributed by atoms with Gasteiger partial charge >= 0.3 is 0 Å². The normalized spacial score (nSPS) is 21.2. The smallest absolute Gasteiger partial charge is 0.163 e. The lowest BCUT2D eigenvalue weighted by Gasteiger charge is -2.34. The Morgan fingerprint density at radius 3 is 2.35 bits per heavy atom. The van der Waals surface area contributed by atoms with Gasteiger partial charge in [0.2, 0.25) is 0 Å². The average molecular weight is 354 g/mol. The number of hydrogen-bond acceptors (Lipinski definition) is 3. The molecule has 0 spiro atoms. The highest BCUT2D eigenvalue weighted by Crippen LogP contribution is 2.45. The van der Waals surface area contributed by atoms with Crippen molar-refractivity contribution >= 4 is 17.2 Å². The molecule has 4 rings (SSSR count). The number of carbonyl (C=O) groups excluding carboxylic acids is 1. The minimum absolute atomic E-state index is 0.00118. The number of fused-ring (bicyclic) bond motifs is 1. The fraction of sp³-hybridized carbons (Fsp3) is 0.286. The molecule has 0 bridgehead atoms. The molecule has 2 aliphatic rings. The van der Waals surface area contributed by atoms with E-state index in [1.807, 2.05) is 24.3 Å².